The van der Waals surface area contributed by atoms with Crippen molar-refractivity contribution in [2.45, 2.75) is 40.3 Å². The molecule has 0 atom stereocenters. The van der Waals surface area contributed by atoms with Crippen LogP contribution in [-0.2, 0) is 6.54 Å². The maximum Gasteiger partial charge on any atom is 0.257 e. The van der Waals surface area contributed by atoms with Gasteiger partial charge in [-0.1, -0.05) is 12.1 Å². The Morgan fingerprint density at radius 2 is 2.00 bits per heavy atom. The van der Waals surface area contributed by atoms with E-state index in [9.17, 15) is 4.79 Å². The smallest absolute Gasteiger partial charge is 0.257 e. The maximum atomic E-state index is 12.7. The number of aryl methyl sites for hydroxylation is 2. The van der Waals surface area contributed by atoms with Crippen LogP contribution in [0.1, 0.15) is 41.3 Å². The molecule has 0 unspecified atom stereocenters. The number of amides is 1. The van der Waals surface area contributed by atoms with E-state index in [1.54, 1.807) is 6.07 Å². The van der Waals surface area contributed by atoms with Gasteiger partial charge in [0.1, 0.15) is 11.5 Å². The highest BCUT2D eigenvalue weighted by molar-refractivity contribution is 5.95. The molecule has 0 bridgehead atoms. The van der Waals surface area contributed by atoms with Crippen molar-refractivity contribution in [3.63, 3.8) is 0 Å². The van der Waals surface area contributed by atoms with Crippen LogP contribution >= 0.6 is 0 Å². The predicted molar refractivity (Wildman–Crippen MR) is 84.0 cm³/mol. The van der Waals surface area contributed by atoms with Crippen LogP contribution in [0.2, 0.25) is 0 Å². The summed E-state index contributed by atoms with van der Waals surface area (Å²) in [5.41, 5.74) is 8.17. The molecule has 0 aliphatic heterocycles. The first kappa shape index (κ1) is 15.2. The molecule has 2 rings (SSSR count). The number of anilines is 1. The van der Waals surface area contributed by atoms with Gasteiger partial charge in [-0.05, 0) is 51.5 Å². The van der Waals surface area contributed by atoms with Crippen molar-refractivity contribution in [3.05, 3.63) is 53.0 Å². The van der Waals surface area contributed by atoms with Gasteiger partial charge < -0.3 is 15.1 Å². The van der Waals surface area contributed by atoms with Gasteiger partial charge in [0.05, 0.1) is 5.56 Å². The second-order valence-electron chi connectivity index (χ2n) is 5.60. The molecule has 0 saturated heterocycles. The number of carbonyl (C=O) groups excluding carboxylic acids is 1. The molecular weight excluding hydrogens is 264 g/mol. The highest BCUT2D eigenvalue weighted by atomic mass is 16.3. The van der Waals surface area contributed by atoms with E-state index in [4.69, 9.17) is 10.2 Å². The third kappa shape index (κ3) is 3.45. The summed E-state index contributed by atoms with van der Waals surface area (Å²) in [5.74, 6) is 1.40. The molecular formula is C17H22N2O2. The lowest BCUT2D eigenvalue weighted by Gasteiger charge is -2.27. The van der Waals surface area contributed by atoms with E-state index in [2.05, 4.69) is 0 Å². The zero-order valence-electron chi connectivity index (χ0n) is 13.0. The summed E-state index contributed by atoms with van der Waals surface area (Å²) in [6.07, 6.45) is 0. The van der Waals surface area contributed by atoms with Gasteiger partial charge in [-0.2, -0.15) is 0 Å². The average molecular weight is 286 g/mol. The average Bonchev–Trinajstić information content (AvgIpc) is 2.74. The Morgan fingerprint density at radius 1 is 1.29 bits per heavy atom. The minimum Gasteiger partial charge on any atom is -0.466 e. The van der Waals surface area contributed by atoms with E-state index >= 15 is 0 Å². The molecule has 2 aromatic rings. The maximum absolute atomic E-state index is 12.7. The van der Waals surface area contributed by atoms with Crippen molar-refractivity contribution < 1.29 is 9.21 Å². The van der Waals surface area contributed by atoms with Gasteiger partial charge in [0.15, 0.2) is 0 Å². The first-order chi connectivity index (χ1) is 9.88. The highest BCUT2D eigenvalue weighted by Gasteiger charge is 2.22. The van der Waals surface area contributed by atoms with Crippen molar-refractivity contribution in [3.8, 4) is 0 Å². The standard InChI is InChI=1S/C17H22N2O2/c1-11(2)19(10-14-6-5-7-15(18)9-14)17(20)16-8-12(3)21-13(16)4/h5-9,11H,10,18H2,1-4H3. The minimum atomic E-state index is -0.0122. The number of nitrogens with two attached hydrogens (primary N) is 1. The van der Waals surface area contributed by atoms with E-state index in [0.29, 0.717) is 23.6 Å². The SMILES string of the molecule is Cc1cc(C(=O)N(Cc2cccc(N)c2)C(C)C)c(C)o1. The van der Waals surface area contributed by atoms with Gasteiger partial charge in [-0.3, -0.25) is 4.79 Å². The number of nitrogen functional groups attached to an aromatic ring is 1. The normalized spacial score (nSPS) is 10.9. The van der Waals surface area contributed by atoms with Crippen molar-refractivity contribution in [1.29, 1.82) is 0 Å². The third-order valence-electron chi connectivity index (χ3n) is 3.46. The second-order valence-corrected chi connectivity index (χ2v) is 5.60. The van der Waals surface area contributed by atoms with Gasteiger partial charge in [-0.15, -0.1) is 0 Å². The molecule has 4 nitrogen and oxygen atoms in total. The Kier molecular flexibility index (Phi) is 4.36. The molecule has 0 fully saturated rings. The van der Waals surface area contributed by atoms with E-state index in [0.717, 1.165) is 11.3 Å². The molecule has 0 radical (unpaired) electrons. The van der Waals surface area contributed by atoms with Crippen molar-refractivity contribution in [2.24, 2.45) is 0 Å². The molecule has 1 aromatic heterocycles. The van der Waals surface area contributed by atoms with Crippen LogP contribution in [0.3, 0.4) is 0 Å². The number of hydrogen-bond acceptors (Lipinski definition) is 3. The number of hydrogen-bond donors (Lipinski definition) is 1. The third-order valence-corrected chi connectivity index (χ3v) is 3.46. The fourth-order valence-corrected chi connectivity index (χ4v) is 2.37. The topological polar surface area (TPSA) is 59.5 Å². The number of rotatable bonds is 4. The number of benzene rings is 1. The van der Waals surface area contributed by atoms with Crippen molar-refractivity contribution in [1.82, 2.24) is 4.90 Å². The largest absolute Gasteiger partial charge is 0.466 e. The fourth-order valence-electron chi connectivity index (χ4n) is 2.37. The molecule has 0 aliphatic rings. The quantitative estimate of drug-likeness (QED) is 0.875. The molecule has 0 saturated carbocycles. The van der Waals surface area contributed by atoms with Crippen LogP contribution in [0.15, 0.2) is 34.7 Å². The Balaban J connectivity index is 2.27. The first-order valence-corrected chi connectivity index (χ1v) is 7.11. The lowest BCUT2D eigenvalue weighted by atomic mass is 10.1. The van der Waals surface area contributed by atoms with Crippen LogP contribution in [0.25, 0.3) is 0 Å². The summed E-state index contributed by atoms with van der Waals surface area (Å²) in [7, 11) is 0. The predicted octanol–water partition coefficient (Wildman–Crippen LogP) is 3.53. The number of furan rings is 1. The Morgan fingerprint density at radius 3 is 2.52 bits per heavy atom. The number of nitrogens with zero attached hydrogens (tertiary/aromatic N) is 1. The molecule has 0 aliphatic carbocycles. The molecule has 1 amide bonds. The van der Waals surface area contributed by atoms with Gasteiger partial charge in [0, 0.05) is 18.3 Å². The van der Waals surface area contributed by atoms with E-state index in [-0.39, 0.29) is 11.9 Å². The van der Waals surface area contributed by atoms with Crippen molar-refractivity contribution in [2.75, 3.05) is 5.73 Å². The summed E-state index contributed by atoms with van der Waals surface area (Å²) in [5, 5.41) is 0. The van der Waals surface area contributed by atoms with Gasteiger partial charge >= 0.3 is 0 Å². The van der Waals surface area contributed by atoms with Crippen LogP contribution in [0.4, 0.5) is 5.69 Å². The fraction of sp³-hybridized carbons (Fsp3) is 0.353. The Bertz CT molecular complexity index is 644. The monoisotopic (exact) mass is 286 g/mol. The van der Waals surface area contributed by atoms with E-state index in [1.165, 1.54) is 0 Å². The summed E-state index contributed by atoms with van der Waals surface area (Å²) < 4.78 is 5.47. The molecule has 112 valence electrons. The first-order valence-electron chi connectivity index (χ1n) is 7.11. The van der Waals surface area contributed by atoms with Crippen LogP contribution < -0.4 is 5.73 Å². The van der Waals surface area contributed by atoms with Gasteiger partial charge in [0.2, 0.25) is 0 Å². The summed E-state index contributed by atoms with van der Waals surface area (Å²) in [6, 6.07) is 9.51. The molecule has 1 aromatic carbocycles. The number of carbonyl (C=O) groups is 1. The molecule has 21 heavy (non-hydrogen) atoms. The molecule has 1 heterocycles. The lowest BCUT2D eigenvalue weighted by Crippen LogP contribution is -2.36. The zero-order chi connectivity index (χ0) is 15.6. The molecule has 0 spiro atoms. The zero-order valence-corrected chi connectivity index (χ0v) is 13.0. The van der Waals surface area contributed by atoms with Crippen LogP contribution in [0.5, 0.6) is 0 Å². The lowest BCUT2D eigenvalue weighted by molar-refractivity contribution is 0.0688. The molecule has 4 heteroatoms. The van der Waals surface area contributed by atoms with E-state index < -0.39 is 0 Å². The Labute approximate surface area is 125 Å². The van der Waals surface area contributed by atoms with Crippen LogP contribution in [0, 0.1) is 13.8 Å². The second kappa shape index (κ2) is 6.04. The van der Waals surface area contributed by atoms with Gasteiger partial charge in [0.25, 0.3) is 5.91 Å². The van der Waals surface area contributed by atoms with Crippen molar-refractivity contribution >= 4 is 11.6 Å². The summed E-state index contributed by atoms with van der Waals surface area (Å²) in [6.45, 7) is 8.21. The summed E-state index contributed by atoms with van der Waals surface area (Å²) in [4.78, 5) is 14.6. The summed E-state index contributed by atoms with van der Waals surface area (Å²) >= 11 is 0. The van der Waals surface area contributed by atoms with Gasteiger partial charge in [-0.25, -0.2) is 0 Å². The minimum absolute atomic E-state index is 0.0122. The Hall–Kier alpha value is -2.23. The highest BCUT2D eigenvalue weighted by Crippen LogP contribution is 2.19. The van der Waals surface area contributed by atoms with E-state index in [1.807, 2.05) is 56.9 Å². The molecule has 2 N–H and O–H groups in total. The van der Waals surface area contributed by atoms with Crippen LogP contribution in [-0.4, -0.2) is 16.8 Å².